The van der Waals surface area contributed by atoms with Crippen molar-refractivity contribution in [3.63, 3.8) is 0 Å². The van der Waals surface area contributed by atoms with Gasteiger partial charge in [0, 0.05) is 17.0 Å². The predicted molar refractivity (Wildman–Crippen MR) is 92.1 cm³/mol. The lowest BCUT2D eigenvalue weighted by molar-refractivity contribution is -0.126. The molecule has 1 aromatic rings. The van der Waals surface area contributed by atoms with Crippen LogP contribution in [0.5, 0.6) is 0 Å². The molecule has 0 aliphatic rings. The van der Waals surface area contributed by atoms with E-state index in [0.717, 1.165) is 16.3 Å². The lowest BCUT2D eigenvalue weighted by Gasteiger charge is -2.18. The lowest BCUT2D eigenvalue weighted by Crippen LogP contribution is -2.43. The molecule has 6 heteroatoms. The fraction of sp³-hybridized carbons (Fsp3) is 0.467. The maximum absolute atomic E-state index is 12.3. The summed E-state index contributed by atoms with van der Waals surface area (Å²) >= 11 is 3.31. The normalized spacial score (nSPS) is 11.8. The third-order valence-corrected chi connectivity index (χ3v) is 4.33. The summed E-state index contributed by atoms with van der Waals surface area (Å²) in [5.41, 5.74) is 0.748. The number of rotatable bonds is 8. The van der Waals surface area contributed by atoms with Gasteiger partial charge in [0.05, 0.1) is 0 Å². The van der Waals surface area contributed by atoms with E-state index in [9.17, 15) is 9.59 Å². The molecule has 0 radical (unpaired) electrons. The molecular formula is C15H22N2O2S2. The first-order chi connectivity index (χ1) is 10.1. The third-order valence-electron chi connectivity index (χ3n) is 2.94. The Labute approximate surface area is 134 Å². The van der Waals surface area contributed by atoms with Crippen LogP contribution in [0.4, 0.5) is 5.69 Å². The third kappa shape index (κ3) is 6.44. The highest BCUT2D eigenvalue weighted by Gasteiger charge is 2.19. The van der Waals surface area contributed by atoms with Crippen molar-refractivity contribution in [1.82, 2.24) is 5.32 Å². The van der Waals surface area contributed by atoms with Crippen LogP contribution in [0, 0.1) is 0 Å². The van der Waals surface area contributed by atoms with Gasteiger partial charge in [0.15, 0.2) is 0 Å². The molecule has 4 nitrogen and oxygen atoms in total. The Hall–Kier alpha value is -1.14. The molecule has 0 saturated carbocycles. The molecule has 0 bridgehead atoms. The Bertz CT molecular complexity index is 463. The zero-order chi connectivity index (χ0) is 15.7. The smallest absolute Gasteiger partial charge is 0.246 e. The van der Waals surface area contributed by atoms with Gasteiger partial charge in [0.1, 0.15) is 6.04 Å². The number of hydrogen-bond donors (Lipinski definition) is 2. The molecule has 0 heterocycles. The van der Waals surface area contributed by atoms with Crippen LogP contribution in [-0.2, 0) is 9.59 Å². The molecule has 1 rings (SSSR count). The van der Waals surface area contributed by atoms with E-state index < -0.39 is 6.04 Å². The fourth-order valence-electron chi connectivity index (χ4n) is 1.70. The van der Waals surface area contributed by atoms with Gasteiger partial charge in [-0.3, -0.25) is 9.59 Å². The SMILES string of the molecule is CCC(=O)NC(CCSC)C(=O)Nc1ccc(SC)cc1. The number of nitrogens with one attached hydrogen (secondary N) is 2. The number of benzene rings is 1. The molecule has 0 spiro atoms. The highest BCUT2D eigenvalue weighted by molar-refractivity contribution is 7.98. The van der Waals surface area contributed by atoms with E-state index in [4.69, 9.17) is 0 Å². The summed E-state index contributed by atoms with van der Waals surface area (Å²) in [6.07, 6.45) is 5.00. The van der Waals surface area contributed by atoms with Crippen molar-refractivity contribution in [2.24, 2.45) is 0 Å². The van der Waals surface area contributed by atoms with Gasteiger partial charge in [-0.1, -0.05) is 6.92 Å². The van der Waals surface area contributed by atoms with Gasteiger partial charge in [0.25, 0.3) is 0 Å². The van der Waals surface area contributed by atoms with Crippen LogP contribution in [0.3, 0.4) is 0 Å². The average Bonchev–Trinajstić information content (AvgIpc) is 2.51. The van der Waals surface area contributed by atoms with Gasteiger partial charge in [0.2, 0.25) is 11.8 Å². The molecule has 1 unspecified atom stereocenters. The molecule has 1 atom stereocenters. The minimum Gasteiger partial charge on any atom is -0.344 e. The molecule has 0 aliphatic carbocycles. The second-order valence-electron chi connectivity index (χ2n) is 4.47. The molecule has 116 valence electrons. The number of anilines is 1. The van der Waals surface area contributed by atoms with Crippen molar-refractivity contribution in [1.29, 1.82) is 0 Å². The van der Waals surface area contributed by atoms with Crippen molar-refractivity contribution < 1.29 is 9.59 Å². The number of thioether (sulfide) groups is 2. The fourth-order valence-corrected chi connectivity index (χ4v) is 2.58. The van der Waals surface area contributed by atoms with Crippen LogP contribution in [0.15, 0.2) is 29.2 Å². The molecule has 1 aromatic carbocycles. The highest BCUT2D eigenvalue weighted by atomic mass is 32.2. The van der Waals surface area contributed by atoms with E-state index in [2.05, 4.69) is 10.6 Å². The van der Waals surface area contributed by atoms with E-state index >= 15 is 0 Å². The quantitative estimate of drug-likeness (QED) is 0.721. The molecule has 2 N–H and O–H groups in total. The Morgan fingerprint density at radius 1 is 1.19 bits per heavy atom. The Morgan fingerprint density at radius 2 is 1.86 bits per heavy atom. The second kappa shape index (κ2) is 9.73. The average molecular weight is 326 g/mol. The van der Waals surface area contributed by atoms with Crippen molar-refractivity contribution in [2.45, 2.75) is 30.7 Å². The number of carbonyl (C=O) groups is 2. The van der Waals surface area contributed by atoms with Gasteiger partial charge in [-0.05, 0) is 49.0 Å². The summed E-state index contributed by atoms with van der Waals surface area (Å²) in [5.74, 6) is 0.560. The van der Waals surface area contributed by atoms with Crippen molar-refractivity contribution >= 4 is 41.0 Å². The van der Waals surface area contributed by atoms with Crippen LogP contribution < -0.4 is 10.6 Å². The van der Waals surface area contributed by atoms with Crippen molar-refractivity contribution in [2.75, 3.05) is 23.6 Å². The van der Waals surface area contributed by atoms with Gasteiger partial charge in [-0.2, -0.15) is 11.8 Å². The van der Waals surface area contributed by atoms with Crippen LogP contribution in [0.25, 0.3) is 0 Å². The van der Waals surface area contributed by atoms with Gasteiger partial charge >= 0.3 is 0 Å². The van der Waals surface area contributed by atoms with Gasteiger partial charge in [-0.25, -0.2) is 0 Å². The molecule has 2 amide bonds. The Kier molecular flexibility index (Phi) is 8.30. The Morgan fingerprint density at radius 3 is 2.38 bits per heavy atom. The molecule has 0 aliphatic heterocycles. The predicted octanol–water partition coefficient (Wildman–Crippen LogP) is 2.99. The van der Waals surface area contributed by atoms with Crippen LogP contribution in [0.2, 0.25) is 0 Å². The van der Waals surface area contributed by atoms with Crippen molar-refractivity contribution in [3.8, 4) is 0 Å². The Balaban J connectivity index is 2.67. The summed E-state index contributed by atoms with van der Waals surface area (Å²) in [4.78, 5) is 25.0. The zero-order valence-corrected chi connectivity index (χ0v) is 14.3. The summed E-state index contributed by atoms with van der Waals surface area (Å²) in [7, 11) is 0. The van der Waals surface area contributed by atoms with E-state index in [1.54, 1.807) is 30.4 Å². The minimum absolute atomic E-state index is 0.103. The minimum atomic E-state index is -0.481. The molecule has 0 aromatic heterocycles. The first-order valence-electron chi connectivity index (χ1n) is 6.84. The van der Waals surface area contributed by atoms with Crippen LogP contribution in [-0.4, -0.2) is 36.1 Å². The largest absolute Gasteiger partial charge is 0.344 e. The topological polar surface area (TPSA) is 58.2 Å². The summed E-state index contributed by atoms with van der Waals surface area (Å²) < 4.78 is 0. The highest BCUT2D eigenvalue weighted by Crippen LogP contribution is 2.17. The molecule has 0 saturated heterocycles. The molecule has 0 fully saturated rings. The maximum Gasteiger partial charge on any atom is 0.246 e. The van der Waals surface area contributed by atoms with Crippen LogP contribution in [0.1, 0.15) is 19.8 Å². The number of hydrogen-bond acceptors (Lipinski definition) is 4. The van der Waals surface area contributed by atoms with E-state index in [1.807, 2.05) is 36.8 Å². The van der Waals surface area contributed by atoms with E-state index in [-0.39, 0.29) is 11.8 Å². The summed E-state index contributed by atoms with van der Waals surface area (Å²) in [5, 5.41) is 5.64. The van der Waals surface area contributed by atoms with Crippen LogP contribution >= 0.6 is 23.5 Å². The summed E-state index contributed by atoms with van der Waals surface area (Å²) in [6, 6.07) is 7.18. The standard InChI is InChI=1S/C15H22N2O2S2/c1-4-14(18)17-13(9-10-20-2)15(19)16-11-5-7-12(21-3)8-6-11/h5-8,13H,4,9-10H2,1-3H3,(H,16,19)(H,17,18). The van der Waals surface area contributed by atoms with Gasteiger partial charge < -0.3 is 10.6 Å². The van der Waals surface area contributed by atoms with Gasteiger partial charge in [-0.15, -0.1) is 11.8 Å². The monoisotopic (exact) mass is 326 g/mol. The first kappa shape index (κ1) is 17.9. The second-order valence-corrected chi connectivity index (χ2v) is 6.34. The molecular weight excluding hydrogens is 304 g/mol. The lowest BCUT2D eigenvalue weighted by atomic mass is 10.2. The number of amides is 2. The maximum atomic E-state index is 12.3. The summed E-state index contributed by atoms with van der Waals surface area (Å²) in [6.45, 7) is 1.78. The van der Waals surface area contributed by atoms with E-state index in [1.165, 1.54) is 0 Å². The zero-order valence-electron chi connectivity index (χ0n) is 12.6. The molecule has 21 heavy (non-hydrogen) atoms. The van der Waals surface area contributed by atoms with Crippen molar-refractivity contribution in [3.05, 3.63) is 24.3 Å². The van der Waals surface area contributed by atoms with E-state index in [0.29, 0.717) is 12.8 Å². The number of carbonyl (C=O) groups excluding carboxylic acids is 2. The first-order valence-corrected chi connectivity index (χ1v) is 9.45.